The second-order valence-electron chi connectivity index (χ2n) is 3.48. The first-order valence-electron chi connectivity index (χ1n) is 4.54. The van der Waals surface area contributed by atoms with Gasteiger partial charge in [0.25, 0.3) is 0 Å². The molecular formula is C11H20O. The average molecular weight is 168 g/mol. The van der Waals surface area contributed by atoms with Crippen molar-refractivity contribution in [2.45, 2.75) is 33.1 Å². The lowest BCUT2D eigenvalue weighted by Gasteiger charge is -2.03. The molecule has 0 heterocycles. The molecule has 0 aliphatic heterocycles. The lowest BCUT2D eigenvalue weighted by molar-refractivity contribution is 0.337. The Bertz CT molecular complexity index is 145. The van der Waals surface area contributed by atoms with Crippen molar-refractivity contribution in [2.75, 3.05) is 7.11 Å². The molecule has 0 unspecified atom stereocenters. The molecule has 0 atom stereocenters. The third-order valence-electron chi connectivity index (χ3n) is 1.72. The van der Waals surface area contributed by atoms with Gasteiger partial charge in [0.05, 0.1) is 13.4 Å². The lowest BCUT2D eigenvalue weighted by Crippen LogP contribution is -1.87. The van der Waals surface area contributed by atoms with Gasteiger partial charge < -0.3 is 4.74 Å². The summed E-state index contributed by atoms with van der Waals surface area (Å²) in [6.07, 6.45) is 7.19. The molecule has 0 aromatic rings. The third-order valence-corrected chi connectivity index (χ3v) is 1.72. The zero-order valence-electron chi connectivity index (χ0n) is 8.47. The van der Waals surface area contributed by atoms with Gasteiger partial charge in [0.15, 0.2) is 0 Å². The van der Waals surface area contributed by atoms with E-state index in [1.807, 2.05) is 6.08 Å². The van der Waals surface area contributed by atoms with Crippen molar-refractivity contribution in [3.8, 4) is 0 Å². The van der Waals surface area contributed by atoms with E-state index in [4.69, 9.17) is 4.74 Å². The van der Waals surface area contributed by atoms with Crippen LogP contribution < -0.4 is 0 Å². The quantitative estimate of drug-likeness (QED) is 0.435. The van der Waals surface area contributed by atoms with Crippen LogP contribution in [-0.4, -0.2) is 7.11 Å². The standard InChI is InChI=1S/C11H20O/c1-10(2)6-5-7-11(3)8-9-12-4/h8-10H,3,5-7H2,1-2,4H3. The maximum Gasteiger partial charge on any atom is 0.0827 e. The Hall–Kier alpha value is -0.720. The monoisotopic (exact) mass is 168 g/mol. The maximum absolute atomic E-state index is 4.80. The summed E-state index contributed by atoms with van der Waals surface area (Å²) in [6.45, 7) is 8.41. The molecule has 0 N–H and O–H groups in total. The minimum atomic E-state index is 0.796. The minimum absolute atomic E-state index is 0.796. The molecule has 0 fully saturated rings. The molecular weight excluding hydrogens is 148 g/mol. The van der Waals surface area contributed by atoms with E-state index in [2.05, 4.69) is 20.4 Å². The molecule has 0 rings (SSSR count). The molecule has 0 spiro atoms. The zero-order valence-corrected chi connectivity index (χ0v) is 8.47. The molecule has 0 aliphatic rings. The van der Waals surface area contributed by atoms with Crippen LogP contribution in [0.15, 0.2) is 24.5 Å². The van der Waals surface area contributed by atoms with Crippen LogP contribution in [0.25, 0.3) is 0 Å². The molecule has 0 aromatic carbocycles. The average Bonchev–Trinajstić information content (AvgIpc) is 2.00. The summed E-state index contributed by atoms with van der Waals surface area (Å²) in [7, 11) is 1.65. The van der Waals surface area contributed by atoms with Gasteiger partial charge in [-0.1, -0.05) is 32.4 Å². The van der Waals surface area contributed by atoms with E-state index < -0.39 is 0 Å². The Kier molecular flexibility index (Phi) is 6.54. The van der Waals surface area contributed by atoms with Crippen molar-refractivity contribution >= 4 is 0 Å². The van der Waals surface area contributed by atoms with Gasteiger partial charge in [-0.3, -0.25) is 0 Å². The van der Waals surface area contributed by atoms with E-state index in [1.165, 1.54) is 12.8 Å². The Morgan fingerprint density at radius 2 is 2.17 bits per heavy atom. The Labute approximate surface area is 76.1 Å². The van der Waals surface area contributed by atoms with Gasteiger partial charge in [-0.15, -0.1) is 0 Å². The Morgan fingerprint density at radius 1 is 1.50 bits per heavy atom. The molecule has 1 nitrogen and oxygen atoms in total. The molecule has 12 heavy (non-hydrogen) atoms. The predicted octanol–water partition coefficient (Wildman–Crippen LogP) is 3.53. The first kappa shape index (κ1) is 11.3. The second kappa shape index (κ2) is 6.96. The van der Waals surface area contributed by atoms with Crippen molar-refractivity contribution in [1.82, 2.24) is 0 Å². The molecule has 0 radical (unpaired) electrons. The number of hydrogen-bond acceptors (Lipinski definition) is 1. The van der Waals surface area contributed by atoms with Gasteiger partial charge in [0, 0.05) is 0 Å². The van der Waals surface area contributed by atoms with Crippen LogP contribution in [0, 0.1) is 5.92 Å². The summed E-state index contributed by atoms with van der Waals surface area (Å²) in [5.41, 5.74) is 1.15. The predicted molar refractivity (Wildman–Crippen MR) is 54.0 cm³/mol. The highest BCUT2D eigenvalue weighted by molar-refractivity contribution is 5.12. The van der Waals surface area contributed by atoms with Crippen LogP contribution >= 0.6 is 0 Å². The van der Waals surface area contributed by atoms with E-state index >= 15 is 0 Å². The number of hydrogen-bond donors (Lipinski definition) is 0. The molecule has 0 aromatic heterocycles. The molecule has 0 bridgehead atoms. The van der Waals surface area contributed by atoms with Gasteiger partial charge in [-0.05, 0) is 24.8 Å². The van der Waals surface area contributed by atoms with E-state index in [-0.39, 0.29) is 0 Å². The van der Waals surface area contributed by atoms with Crippen molar-refractivity contribution in [2.24, 2.45) is 5.92 Å². The SMILES string of the molecule is C=C(C=COC)CCCC(C)C. The molecule has 0 aliphatic carbocycles. The highest BCUT2D eigenvalue weighted by atomic mass is 16.5. The fourth-order valence-electron chi connectivity index (χ4n) is 0.985. The molecule has 0 amide bonds. The van der Waals surface area contributed by atoms with Crippen molar-refractivity contribution in [3.05, 3.63) is 24.5 Å². The summed E-state index contributed by atoms with van der Waals surface area (Å²) in [4.78, 5) is 0. The van der Waals surface area contributed by atoms with E-state index in [9.17, 15) is 0 Å². The topological polar surface area (TPSA) is 9.23 Å². The fraction of sp³-hybridized carbons (Fsp3) is 0.636. The van der Waals surface area contributed by atoms with Gasteiger partial charge in [-0.25, -0.2) is 0 Å². The smallest absolute Gasteiger partial charge is 0.0827 e. The van der Waals surface area contributed by atoms with Gasteiger partial charge in [-0.2, -0.15) is 0 Å². The summed E-state index contributed by atoms with van der Waals surface area (Å²) in [5.74, 6) is 0.796. The minimum Gasteiger partial charge on any atom is -0.504 e. The summed E-state index contributed by atoms with van der Waals surface area (Å²) >= 11 is 0. The van der Waals surface area contributed by atoms with Crippen molar-refractivity contribution in [1.29, 1.82) is 0 Å². The third kappa shape index (κ3) is 7.39. The van der Waals surface area contributed by atoms with Crippen LogP contribution in [0.1, 0.15) is 33.1 Å². The summed E-state index contributed by atoms with van der Waals surface area (Å²) in [5, 5.41) is 0. The second-order valence-corrected chi connectivity index (χ2v) is 3.48. The zero-order chi connectivity index (χ0) is 9.40. The van der Waals surface area contributed by atoms with Crippen LogP contribution in [0.4, 0.5) is 0 Å². The number of ether oxygens (including phenoxy) is 1. The van der Waals surface area contributed by atoms with Gasteiger partial charge >= 0.3 is 0 Å². The van der Waals surface area contributed by atoms with Gasteiger partial charge in [0.2, 0.25) is 0 Å². The van der Waals surface area contributed by atoms with Crippen molar-refractivity contribution in [3.63, 3.8) is 0 Å². The Morgan fingerprint density at radius 3 is 2.67 bits per heavy atom. The van der Waals surface area contributed by atoms with E-state index in [1.54, 1.807) is 13.4 Å². The van der Waals surface area contributed by atoms with Crippen LogP contribution in [0.3, 0.4) is 0 Å². The van der Waals surface area contributed by atoms with E-state index in [0.29, 0.717) is 0 Å². The normalized spacial score (nSPS) is 11.0. The maximum atomic E-state index is 4.80. The molecule has 0 saturated carbocycles. The number of methoxy groups -OCH3 is 1. The van der Waals surface area contributed by atoms with Crippen LogP contribution in [-0.2, 0) is 4.74 Å². The van der Waals surface area contributed by atoms with Crippen LogP contribution in [0.2, 0.25) is 0 Å². The highest BCUT2D eigenvalue weighted by Gasteiger charge is 1.94. The molecule has 0 saturated heterocycles. The molecule has 70 valence electrons. The lowest BCUT2D eigenvalue weighted by atomic mass is 10.0. The first-order chi connectivity index (χ1) is 5.66. The van der Waals surface area contributed by atoms with Gasteiger partial charge in [0.1, 0.15) is 0 Å². The Balaban J connectivity index is 3.38. The van der Waals surface area contributed by atoms with E-state index in [0.717, 1.165) is 17.9 Å². The largest absolute Gasteiger partial charge is 0.504 e. The number of rotatable bonds is 6. The van der Waals surface area contributed by atoms with Crippen molar-refractivity contribution < 1.29 is 4.74 Å². The molecule has 1 heteroatoms. The number of allylic oxidation sites excluding steroid dienone is 2. The summed E-state index contributed by atoms with van der Waals surface area (Å²) in [6, 6.07) is 0. The first-order valence-corrected chi connectivity index (χ1v) is 4.54. The fourth-order valence-corrected chi connectivity index (χ4v) is 0.985. The van der Waals surface area contributed by atoms with Crippen LogP contribution in [0.5, 0.6) is 0 Å². The summed E-state index contributed by atoms with van der Waals surface area (Å²) < 4.78 is 4.80. The highest BCUT2D eigenvalue weighted by Crippen LogP contribution is 2.11.